The number of anilines is 3. The number of likely N-dealkylation sites (tertiary alicyclic amines) is 1. The number of hydrogen-bond donors (Lipinski definition) is 2. The van der Waals surface area contributed by atoms with Gasteiger partial charge in [0.15, 0.2) is 5.82 Å². The molecule has 4 N–H and O–H groups in total. The Hall–Kier alpha value is -4.52. The number of benzene rings is 2. The van der Waals surface area contributed by atoms with E-state index in [0.717, 1.165) is 17.4 Å². The highest BCUT2D eigenvalue weighted by molar-refractivity contribution is 7.23. The molecule has 0 aliphatic carbocycles. The van der Waals surface area contributed by atoms with Gasteiger partial charge in [0.1, 0.15) is 46.3 Å². The molecule has 3 aromatic heterocycles. The number of nitrogens with two attached hydrogens (primary N) is 2. The van der Waals surface area contributed by atoms with Crippen LogP contribution in [0.3, 0.4) is 0 Å². The predicted molar refractivity (Wildman–Crippen MR) is 174 cm³/mol. The summed E-state index contributed by atoms with van der Waals surface area (Å²) in [7, 11) is 3.42. The second-order valence-electron chi connectivity index (χ2n) is 11.4. The van der Waals surface area contributed by atoms with Gasteiger partial charge >= 0.3 is 6.01 Å². The van der Waals surface area contributed by atoms with Gasteiger partial charge < -0.3 is 21.1 Å². The Balaban J connectivity index is 1.52. The quantitative estimate of drug-likeness (QED) is 0.175. The van der Waals surface area contributed by atoms with Gasteiger partial charge in [-0.1, -0.05) is 17.7 Å². The average molecular weight is 686 g/mol. The lowest BCUT2D eigenvalue weighted by molar-refractivity contribution is 0.0821. The van der Waals surface area contributed by atoms with Crippen molar-refractivity contribution < 1.29 is 22.3 Å². The molecule has 6 rings (SSSR count). The normalized spacial score (nSPS) is 17.4. The largest absolute Gasteiger partial charge is 0.462 e. The van der Waals surface area contributed by atoms with Gasteiger partial charge in [-0.25, -0.2) is 22.5 Å². The summed E-state index contributed by atoms with van der Waals surface area (Å²) in [5.41, 5.74) is 12.4. The summed E-state index contributed by atoms with van der Waals surface area (Å²) in [6.45, 7) is 1.98. The highest BCUT2D eigenvalue weighted by Crippen LogP contribution is 2.46. The molecule has 5 aromatic rings. The van der Waals surface area contributed by atoms with Gasteiger partial charge in [-0.05, 0) is 38.1 Å². The molecule has 16 heteroatoms. The third-order valence-electron chi connectivity index (χ3n) is 8.59. The third-order valence-corrected chi connectivity index (χ3v) is 9.92. The first-order valence-electron chi connectivity index (χ1n) is 14.4. The minimum absolute atomic E-state index is 0.000338. The lowest BCUT2D eigenvalue weighted by Gasteiger charge is -2.28. The Kier molecular flexibility index (Phi) is 8.68. The zero-order chi connectivity index (χ0) is 33.7. The van der Waals surface area contributed by atoms with Crippen molar-refractivity contribution in [1.29, 1.82) is 5.26 Å². The van der Waals surface area contributed by atoms with E-state index in [1.165, 1.54) is 24.5 Å². The van der Waals surface area contributed by atoms with Gasteiger partial charge in [0.2, 0.25) is 6.43 Å². The van der Waals surface area contributed by atoms with Crippen LogP contribution in [0.5, 0.6) is 6.01 Å². The van der Waals surface area contributed by atoms with Gasteiger partial charge in [-0.15, -0.1) is 11.3 Å². The van der Waals surface area contributed by atoms with E-state index in [0.29, 0.717) is 5.69 Å². The van der Waals surface area contributed by atoms with Gasteiger partial charge in [-0.2, -0.15) is 15.2 Å². The fourth-order valence-corrected chi connectivity index (χ4v) is 7.21. The average Bonchev–Trinajstić information content (AvgIpc) is 3.59. The van der Waals surface area contributed by atoms with E-state index in [1.807, 2.05) is 6.07 Å². The van der Waals surface area contributed by atoms with Crippen LogP contribution in [0.4, 0.5) is 34.2 Å². The molecule has 1 aliphatic rings. The fraction of sp³-hybridized carbons (Fsp3) is 0.323. The van der Waals surface area contributed by atoms with Crippen LogP contribution in [0, 0.1) is 28.9 Å². The summed E-state index contributed by atoms with van der Waals surface area (Å²) < 4.78 is 64.6. The predicted octanol–water partition coefficient (Wildman–Crippen LogP) is 6.43. The number of nitriles is 1. The van der Waals surface area contributed by atoms with Crippen molar-refractivity contribution >= 4 is 60.6 Å². The maximum Gasteiger partial charge on any atom is 0.319 e. The number of halogens is 5. The monoisotopic (exact) mass is 685 g/mol. The topological polar surface area (TPSA) is 143 Å². The number of nitrogen functional groups attached to an aromatic ring is 2. The number of aromatic nitrogens is 4. The number of thiophene rings is 1. The molecule has 0 spiro atoms. The van der Waals surface area contributed by atoms with E-state index in [2.05, 4.69) is 19.9 Å². The zero-order valence-corrected chi connectivity index (χ0v) is 26.9. The van der Waals surface area contributed by atoms with Crippen LogP contribution in [-0.4, -0.2) is 64.6 Å². The van der Waals surface area contributed by atoms with Gasteiger partial charge in [0.25, 0.3) is 0 Å². The van der Waals surface area contributed by atoms with E-state index in [4.69, 9.17) is 27.8 Å². The lowest BCUT2D eigenvalue weighted by Crippen LogP contribution is -2.31. The van der Waals surface area contributed by atoms with Crippen molar-refractivity contribution in [2.75, 3.05) is 43.6 Å². The first-order chi connectivity index (χ1) is 22.4. The number of rotatable bonds is 8. The van der Waals surface area contributed by atoms with Crippen LogP contribution >= 0.6 is 22.9 Å². The van der Waals surface area contributed by atoms with Gasteiger partial charge in [0.05, 0.1) is 21.3 Å². The molecular formula is C31H28ClF4N9OS. The summed E-state index contributed by atoms with van der Waals surface area (Å²) in [5, 5.41) is 10.2. The standard InChI is InChI=1S/C31H28ClF4N9OS/c1-13(24-28(38)41-7-6-40-24)45(3)30-17-9-19(32)22(16-4-5-20(33)26-21(16)18(10-37)29(39)47-26)23(34)25(17)42-31(43-30)46-12-15-8-14(27(35)36)11-44(15)2/h4-7,9,13-15,27H,8,11-12,39H2,1-3H3,(H2,38,41)/t13-,14-,15+/m1/s1. The third kappa shape index (κ3) is 5.70. The number of likely N-dealkylation sites (N-methyl/N-ethyl adjacent to an activating group) is 1. The molecule has 1 saturated heterocycles. The second-order valence-corrected chi connectivity index (χ2v) is 12.8. The maximum absolute atomic E-state index is 16.9. The first-order valence-corrected chi connectivity index (χ1v) is 15.6. The minimum Gasteiger partial charge on any atom is -0.462 e. The fourth-order valence-electron chi connectivity index (χ4n) is 5.97. The van der Waals surface area contributed by atoms with Crippen LogP contribution in [0.2, 0.25) is 5.02 Å². The lowest BCUT2D eigenvalue weighted by atomic mass is 9.97. The summed E-state index contributed by atoms with van der Waals surface area (Å²) in [6.07, 6.45) is 0.687. The summed E-state index contributed by atoms with van der Waals surface area (Å²) in [6, 6.07) is 4.87. The Labute approximate surface area is 275 Å². The molecule has 4 heterocycles. The molecule has 10 nitrogen and oxygen atoms in total. The van der Waals surface area contributed by atoms with E-state index in [9.17, 15) is 18.4 Å². The molecule has 0 bridgehead atoms. The molecule has 1 aliphatic heterocycles. The Morgan fingerprint density at radius 1 is 1.21 bits per heavy atom. The van der Waals surface area contributed by atoms with E-state index in [-0.39, 0.29) is 91.0 Å². The zero-order valence-electron chi connectivity index (χ0n) is 25.3. The number of alkyl halides is 2. The molecule has 0 radical (unpaired) electrons. The molecule has 1 fully saturated rings. The molecular weight excluding hydrogens is 658 g/mol. The molecule has 3 atom stereocenters. The van der Waals surface area contributed by atoms with Crippen LogP contribution in [0.15, 0.2) is 30.6 Å². The van der Waals surface area contributed by atoms with Crippen molar-refractivity contribution in [2.45, 2.75) is 31.9 Å². The summed E-state index contributed by atoms with van der Waals surface area (Å²) in [4.78, 5) is 20.9. The Morgan fingerprint density at radius 2 is 1.96 bits per heavy atom. The van der Waals surface area contributed by atoms with Crippen molar-refractivity contribution in [1.82, 2.24) is 24.8 Å². The number of ether oxygens (including phenoxy) is 1. The number of nitrogens with zero attached hydrogens (tertiary/aromatic N) is 7. The number of hydrogen-bond acceptors (Lipinski definition) is 11. The Bertz CT molecular complexity index is 2060. The summed E-state index contributed by atoms with van der Waals surface area (Å²) >= 11 is 7.64. The van der Waals surface area contributed by atoms with Crippen LogP contribution in [0.25, 0.3) is 32.1 Å². The second kappa shape index (κ2) is 12.6. The molecule has 47 heavy (non-hydrogen) atoms. The Morgan fingerprint density at radius 3 is 2.64 bits per heavy atom. The highest BCUT2D eigenvalue weighted by Gasteiger charge is 2.35. The van der Waals surface area contributed by atoms with Gasteiger partial charge in [-0.3, -0.25) is 9.88 Å². The van der Waals surface area contributed by atoms with Crippen LogP contribution in [-0.2, 0) is 0 Å². The molecule has 0 saturated carbocycles. The van der Waals surface area contributed by atoms with E-state index < -0.39 is 30.0 Å². The highest BCUT2D eigenvalue weighted by atomic mass is 35.5. The van der Waals surface area contributed by atoms with Crippen LogP contribution < -0.4 is 21.1 Å². The van der Waals surface area contributed by atoms with E-state index in [1.54, 1.807) is 30.8 Å². The van der Waals surface area contributed by atoms with Crippen molar-refractivity contribution in [3.05, 3.63) is 58.5 Å². The van der Waals surface area contributed by atoms with Crippen molar-refractivity contribution in [3.8, 4) is 23.2 Å². The van der Waals surface area contributed by atoms with Crippen molar-refractivity contribution in [2.24, 2.45) is 5.92 Å². The molecule has 244 valence electrons. The van der Waals surface area contributed by atoms with Gasteiger partial charge in [0, 0.05) is 54.3 Å². The summed E-state index contributed by atoms with van der Waals surface area (Å²) in [5.74, 6) is -1.90. The smallest absolute Gasteiger partial charge is 0.319 e. The van der Waals surface area contributed by atoms with E-state index >= 15 is 4.39 Å². The first kappa shape index (κ1) is 32.4. The SMILES string of the molecule is C[C@H](c1nccnc1N)N(C)c1nc(OC[C@@H]2C[C@@H](C(F)F)CN2C)nc2c(F)c(-c3ccc(F)c4sc(N)c(C#N)c34)c(Cl)cc12. The molecule has 2 aromatic carbocycles. The number of fused-ring (bicyclic) bond motifs is 2. The maximum atomic E-state index is 16.9. The molecule has 0 unspecified atom stereocenters. The molecule has 0 amide bonds. The van der Waals surface area contributed by atoms with Crippen LogP contribution in [0.1, 0.15) is 30.6 Å². The van der Waals surface area contributed by atoms with Crippen molar-refractivity contribution in [3.63, 3.8) is 0 Å². The minimum atomic E-state index is -2.47.